The van der Waals surface area contributed by atoms with Crippen LogP contribution in [0.4, 0.5) is 13.2 Å². The number of thioether (sulfide) groups is 1. The van der Waals surface area contributed by atoms with E-state index in [0.29, 0.717) is 19.0 Å². The smallest absolute Gasteiger partial charge is 0.377 e. The molecule has 1 unspecified atom stereocenters. The molecule has 1 amide bonds. The van der Waals surface area contributed by atoms with Gasteiger partial charge in [0.2, 0.25) is 6.39 Å². The lowest BCUT2D eigenvalue weighted by atomic mass is 10.1. The Morgan fingerprint density at radius 1 is 1.29 bits per heavy atom. The highest BCUT2D eigenvalue weighted by Crippen LogP contribution is 2.36. The number of amides is 1. The predicted molar refractivity (Wildman–Crippen MR) is 77.2 cm³/mol. The summed E-state index contributed by atoms with van der Waals surface area (Å²) in [4.78, 5) is 18.1. The molecule has 10 heteroatoms. The zero-order chi connectivity index (χ0) is 17.2. The fourth-order valence-corrected chi connectivity index (χ4v) is 2.89. The molecule has 128 valence electrons. The van der Waals surface area contributed by atoms with Gasteiger partial charge in [0.05, 0.1) is 13.2 Å². The molecule has 1 aromatic heterocycles. The molecule has 0 saturated carbocycles. The van der Waals surface area contributed by atoms with Crippen LogP contribution in [0.5, 0.6) is 0 Å². The van der Waals surface area contributed by atoms with Crippen LogP contribution in [0.2, 0.25) is 0 Å². The second-order valence-corrected chi connectivity index (χ2v) is 6.09. The Kier molecular flexibility index (Phi) is 4.76. The van der Waals surface area contributed by atoms with Crippen molar-refractivity contribution in [3.8, 4) is 0 Å². The molecule has 3 rings (SSSR count). The molecule has 1 aliphatic heterocycles. The van der Waals surface area contributed by atoms with Gasteiger partial charge in [0.25, 0.3) is 5.91 Å². The van der Waals surface area contributed by atoms with Gasteiger partial charge in [0.15, 0.2) is 5.82 Å². The molecule has 0 spiro atoms. The molecule has 1 aromatic carbocycles. The quantitative estimate of drug-likeness (QED) is 0.785. The van der Waals surface area contributed by atoms with E-state index in [-0.39, 0.29) is 34.7 Å². The number of carbonyl (C=O) groups excluding carboxylic acids is 1. The van der Waals surface area contributed by atoms with Gasteiger partial charge in [-0.1, -0.05) is 5.16 Å². The van der Waals surface area contributed by atoms with Crippen molar-refractivity contribution in [1.29, 1.82) is 0 Å². The largest absolute Gasteiger partial charge is 0.446 e. The van der Waals surface area contributed by atoms with E-state index in [1.165, 1.54) is 29.2 Å². The zero-order valence-corrected chi connectivity index (χ0v) is 13.0. The van der Waals surface area contributed by atoms with Crippen LogP contribution in [-0.4, -0.2) is 46.2 Å². The number of hydrogen-bond acceptors (Lipinski definition) is 6. The third kappa shape index (κ3) is 3.88. The maximum absolute atomic E-state index is 12.7. The van der Waals surface area contributed by atoms with Gasteiger partial charge in [-0.15, -0.1) is 0 Å². The van der Waals surface area contributed by atoms with Crippen molar-refractivity contribution in [2.75, 3.05) is 19.8 Å². The summed E-state index contributed by atoms with van der Waals surface area (Å²) in [6.45, 7) is 0.923. The van der Waals surface area contributed by atoms with Crippen LogP contribution in [0.25, 0.3) is 0 Å². The average Bonchev–Trinajstić information content (AvgIpc) is 3.08. The minimum absolute atomic E-state index is 0.0238. The fraction of sp³-hybridized carbons (Fsp3) is 0.357. The zero-order valence-electron chi connectivity index (χ0n) is 12.2. The Hall–Kier alpha value is -2.07. The Balaban J connectivity index is 1.77. The SMILES string of the molecule is O=C(c1ccc(SC(F)(F)F)cc1)N1CCOCC1c1ncon1. The van der Waals surface area contributed by atoms with Gasteiger partial charge in [-0.05, 0) is 36.0 Å². The number of hydrogen-bond donors (Lipinski definition) is 0. The Labute approximate surface area is 139 Å². The first-order valence-corrected chi connectivity index (χ1v) is 7.76. The van der Waals surface area contributed by atoms with E-state index < -0.39 is 11.6 Å². The molecular formula is C14H12F3N3O3S. The highest BCUT2D eigenvalue weighted by atomic mass is 32.2. The first-order valence-electron chi connectivity index (χ1n) is 6.95. The summed E-state index contributed by atoms with van der Waals surface area (Å²) in [5.74, 6) is 0.00366. The lowest BCUT2D eigenvalue weighted by molar-refractivity contribution is -0.0328. The summed E-state index contributed by atoms with van der Waals surface area (Å²) in [5.41, 5.74) is -4.07. The van der Waals surface area contributed by atoms with Gasteiger partial charge in [-0.3, -0.25) is 4.79 Å². The van der Waals surface area contributed by atoms with Crippen molar-refractivity contribution in [2.45, 2.75) is 16.4 Å². The third-order valence-electron chi connectivity index (χ3n) is 3.40. The van der Waals surface area contributed by atoms with Crippen LogP contribution < -0.4 is 0 Å². The predicted octanol–water partition coefficient (Wildman–Crippen LogP) is 2.90. The molecule has 0 aliphatic carbocycles. The molecule has 24 heavy (non-hydrogen) atoms. The lowest BCUT2D eigenvalue weighted by Crippen LogP contribution is -2.43. The van der Waals surface area contributed by atoms with E-state index >= 15 is 0 Å². The van der Waals surface area contributed by atoms with E-state index in [0.717, 1.165) is 6.39 Å². The fourth-order valence-electron chi connectivity index (χ4n) is 2.35. The van der Waals surface area contributed by atoms with Crippen molar-refractivity contribution in [3.05, 3.63) is 42.0 Å². The molecule has 2 aromatic rings. The number of alkyl halides is 3. The van der Waals surface area contributed by atoms with Gasteiger partial charge in [0.1, 0.15) is 6.04 Å². The highest BCUT2D eigenvalue weighted by Gasteiger charge is 2.33. The second-order valence-electron chi connectivity index (χ2n) is 4.95. The van der Waals surface area contributed by atoms with Crippen LogP contribution in [-0.2, 0) is 4.74 Å². The molecule has 1 aliphatic rings. The normalized spacial score (nSPS) is 18.6. The van der Waals surface area contributed by atoms with Gasteiger partial charge in [-0.2, -0.15) is 18.2 Å². The molecule has 0 radical (unpaired) electrons. The average molecular weight is 359 g/mol. The topological polar surface area (TPSA) is 68.5 Å². The number of carbonyl (C=O) groups is 1. The standard InChI is InChI=1S/C14H12F3N3O3S/c15-14(16,17)24-10-3-1-9(2-4-10)13(21)20-5-6-22-7-11(20)12-18-8-23-19-12/h1-4,8,11H,5-7H2. The summed E-state index contributed by atoms with van der Waals surface area (Å²) in [6, 6.07) is 4.80. The second kappa shape index (κ2) is 6.81. The van der Waals surface area contributed by atoms with Crippen molar-refractivity contribution in [3.63, 3.8) is 0 Å². The van der Waals surface area contributed by atoms with Crippen LogP contribution in [0.15, 0.2) is 40.1 Å². The van der Waals surface area contributed by atoms with Gasteiger partial charge in [-0.25, -0.2) is 0 Å². The minimum Gasteiger partial charge on any atom is -0.377 e. The Morgan fingerprint density at radius 2 is 2.04 bits per heavy atom. The van der Waals surface area contributed by atoms with Gasteiger partial charge >= 0.3 is 5.51 Å². The molecule has 0 N–H and O–H groups in total. The third-order valence-corrected chi connectivity index (χ3v) is 4.14. The monoisotopic (exact) mass is 359 g/mol. The van der Waals surface area contributed by atoms with E-state index in [2.05, 4.69) is 10.1 Å². The number of morpholine rings is 1. The molecule has 0 bridgehead atoms. The maximum Gasteiger partial charge on any atom is 0.446 e. The summed E-state index contributed by atoms with van der Waals surface area (Å²) in [5, 5.41) is 3.73. The maximum atomic E-state index is 12.7. The number of rotatable bonds is 3. The van der Waals surface area contributed by atoms with Crippen LogP contribution >= 0.6 is 11.8 Å². The highest BCUT2D eigenvalue weighted by molar-refractivity contribution is 8.00. The summed E-state index contributed by atoms with van der Waals surface area (Å²) in [6.07, 6.45) is 1.16. The van der Waals surface area contributed by atoms with Crippen molar-refractivity contribution < 1.29 is 27.2 Å². The van der Waals surface area contributed by atoms with Crippen LogP contribution in [0.1, 0.15) is 22.2 Å². The number of nitrogens with zero attached hydrogens (tertiary/aromatic N) is 3. The van der Waals surface area contributed by atoms with Crippen LogP contribution in [0.3, 0.4) is 0 Å². The van der Waals surface area contributed by atoms with Gasteiger partial charge in [0, 0.05) is 17.0 Å². The number of aromatic nitrogens is 2. The first kappa shape index (κ1) is 16.8. The van der Waals surface area contributed by atoms with E-state index in [1.807, 2.05) is 0 Å². The number of halogens is 3. The molecule has 1 saturated heterocycles. The first-order chi connectivity index (χ1) is 11.4. The van der Waals surface area contributed by atoms with Crippen molar-refractivity contribution in [1.82, 2.24) is 15.0 Å². The summed E-state index contributed by atoms with van der Waals surface area (Å²) < 4.78 is 47.1. The van der Waals surface area contributed by atoms with E-state index in [9.17, 15) is 18.0 Å². The molecular weight excluding hydrogens is 347 g/mol. The summed E-state index contributed by atoms with van der Waals surface area (Å²) in [7, 11) is 0. The van der Waals surface area contributed by atoms with Crippen molar-refractivity contribution in [2.24, 2.45) is 0 Å². The molecule has 6 nitrogen and oxygen atoms in total. The minimum atomic E-state index is -4.36. The van der Waals surface area contributed by atoms with Crippen molar-refractivity contribution >= 4 is 17.7 Å². The Morgan fingerprint density at radius 3 is 2.67 bits per heavy atom. The van der Waals surface area contributed by atoms with Crippen LogP contribution in [0, 0.1) is 0 Å². The van der Waals surface area contributed by atoms with Gasteiger partial charge < -0.3 is 14.2 Å². The van der Waals surface area contributed by atoms with E-state index in [1.54, 1.807) is 0 Å². The molecule has 1 atom stereocenters. The van der Waals surface area contributed by atoms with E-state index in [4.69, 9.17) is 9.26 Å². The molecule has 1 fully saturated rings. The molecule has 2 heterocycles. The number of ether oxygens (including phenoxy) is 1. The summed E-state index contributed by atoms with van der Waals surface area (Å²) >= 11 is -0.222. The Bertz CT molecular complexity index is 692. The number of benzene rings is 1. The lowest BCUT2D eigenvalue weighted by Gasteiger charge is -2.33.